The van der Waals surface area contributed by atoms with Gasteiger partial charge in [-0.25, -0.2) is 8.78 Å². The quantitative estimate of drug-likeness (QED) is 0.372. The lowest BCUT2D eigenvalue weighted by Crippen LogP contribution is -2.25. The fourth-order valence-corrected chi connectivity index (χ4v) is 5.15. The summed E-state index contributed by atoms with van der Waals surface area (Å²) in [4.78, 5) is 0. The van der Waals surface area contributed by atoms with Crippen molar-refractivity contribution in [2.75, 3.05) is 6.67 Å². The van der Waals surface area contributed by atoms with Crippen molar-refractivity contribution in [3.8, 4) is 6.07 Å². The lowest BCUT2D eigenvalue weighted by molar-refractivity contribution is 0.171. The van der Waals surface area contributed by atoms with E-state index < -0.39 is 17.2 Å². The minimum atomic E-state index is -0.738. The molecule has 3 rings (SSSR count). The van der Waals surface area contributed by atoms with Gasteiger partial charge in [0.25, 0.3) is 0 Å². The second-order valence-electron chi connectivity index (χ2n) is 8.52. The van der Waals surface area contributed by atoms with E-state index in [0.29, 0.717) is 17.9 Å². The van der Waals surface area contributed by atoms with Crippen LogP contribution in [0.3, 0.4) is 0 Å². The lowest BCUT2D eigenvalue weighted by atomic mass is 9.68. The molecule has 0 amide bonds. The van der Waals surface area contributed by atoms with Crippen LogP contribution in [0.4, 0.5) is 13.2 Å². The van der Waals surface area contributed by atoms with Gasteiger partial charge < -0.3 is 0 Å². The van der Waals surface area contributed by atoms with Crippen molar-refractivity contribution in [1.29, 1.82) is 5.26 Å². The molecule has 0 spiro atoms. The smallest absolute Gasteiger partial charge is 0.144 e. The number of allylic oxidation sites excluding steroid dienone is 2. The molecule has 0 atom stereocenters. The zero-order valence-corrected chi connectivity index (χ0v) is 16.5. The van der Waals surface area contributed by atoms with Crippen molar-refractivity contribution in [1.82, 2.24) is 0 Å². The van der Waals surface area contributed by atoms with E-state index in [0.717, 1.165) is 43.9 Å². The van der Waals surface area contributed by atoms with E-state index in [-0.39, 0.29) is 12.6 Å². The Labute approximate surface area is 166 Å². The highest BCUT2D eigenvalue weighted by molar-refractivity contribution is 5.36. The average molecular weight is 390 g/mol. The highest BCUT2D eigenvalue weighted by Gasteiger charge is 2.31. The average Bonchev–Trinajstić information content (AvgIpc) is 2.72. The van der Waals surface area contributed by atoms with E-state index in [1.807, 2.05) is 0 Å². The predicted molar refractivity (Wildman–Crippen MR) is 106 cm³/mol. The summed E-state index contributed by atoms with van der Waals surface area (Å²) in [6.45, 7) is -0.235. The summed E-state index contributed by atoms with van der Waals surface area (Å²) in [6.07, 6.45) is 15.1. The maximum absolute atomic E-state index is 13.9. The number of nitrogens with zero attached hydrogens (tertiary/aromatic N) is 1. The summed E-state index contributed by atoms with van der Waals surface area (Å²) in [7, 11) is 0. The summed E-state index contributed by atoms with van der Waals surface area (Å²) in [6, 6.07) is 4.30. The number of halogens is 3. The molecular formula is C24H30F3N. The standard InChI is InChI=1S/C24H30F3N/c25-13-3-1-2-4-17-5-7-18(8-6-17)19-9-11-20(12-10-19)21-14-23(26)22(16-28)24(27)15-21/h2,4,14-15,17-20H,1,3,5-13H2/b4-2+/t17-,18-,19?,20?. The summed E-state index contributed by atoms with van der Waals surface area (Å²) in [5.74, 6) is 0.862. The summed E-state index contributed by atoms with van der Waals surface area (Å²) in [5.41, 5.74) is 0.225. The Morgan fingerprint density at radius 2 is 1.50 bits per heavy atom. The first-order valence-corrected chi connectivity index (χ1v) is 10.7. The van der Waals surface area contributed by atoms with Crippen LogP contribution < -0.4 is 0 Å². The van der Waals surface area contributed by atoms with Gasteiger partial charge in [-0.15, -0.1) is 0 Å². The monoisotopic (exact) mass is 389 g/mol. The summed E-state index contributed by atoms with van der Waals surface area (Å²) >= 11 is 0. The maximum Gasteiger partial charge on any atom is 0.144 e. The van der Waals surface area contributed by atoms with Crippen LogP contribution in [0, 0.1) is 40.7 Å². The molecule has 0 heterocycles. The molecule has 0 aromatic heterocycles. The van der Waals surface area contributed by atoms with Gasteiger partial charge in [0.05, 0.1) is 6.67 Å². The summed E-state index contributed by atoms with van der Waals surface area (Å²) in [5, 5.41) is 8.82. The van der Waals surface area contributed by atoms with Crippen LogP contribution in [0.5, 0.6) is 0 Å². The van der Waals surface area contributed by atoms with Gasteiger partial charge in [-0.3, -0.25) is 4.39 Å². The van der Waals surface area contributed by atoms with Crippen LogP contribution in [-0.4, -0.2) is 6.67 Å². The molecular weight excluding hydrogens is 359 g/mol. The molecule has 2 fully saturated rings. The van der Waals surface area contributed by atoms with Gasteiger partial charge >= 0.3 is 0 Å². The molecule has 4 heteroatoms. The van der Waals surface area contributed by atoms with Gasteiger partial charge in [-0.05, 0) is 106 Å². The fourth-order valence-electron chi connectivity index (χ4n) is 5.15. The molecule has 1 aromatic rings. The molecule has 0 aliphatic heterocycles. The number of hydrogen-bond donors (Lipinski definition) is 0. The van der Waals surface area contributed by atoms with Crippen molar-refractivity contribution in [2.24, 2.45) is 17.8 Å². The highest BCUT2D eigenvalue weighted by atomic mass is 19.1. The first-order valence-electron chi connectivity index (χ1n) is 10.7. The third-order valence-corrected chi connectivity index (χ3v) is 6.82. The van der Waals surface area contributed by atoms with E-state index in [2.05, 4.69) is 12.2 Å². The normalized spacial score (nSPS) is 28.4. The van der Waals surface area contributed by atoms with Gasteiger partial charge in [0.1, 0.15) is 23.3 Å². The van der Waals surface area contributed by atoms with Crippen LogP contribution in [0.2, 0.25) is 0 Å². The highest BCUT2D eigenvalue weighted by Crippen LogP contribution is 2.44. The number of unbranched alkanes of at least 4 members (excludes halogenated alkanes) is 1. The lowest BCUT2D eigenvalue weighted by Gasteiger charge is -2.37. The van der Waals surface area contributed by atoms with Crippen molar-refractivity contribution >= 4 is 0 Å². The van der Waals surface area contributed by atoms with E-state index in [4.69, 9.17) is 5.26 Å². The Bertz CT molecular complexity index is 682. The zero-order chi connectivity index (χ0) is 19.9. The van der Waals surface area contributed by atoms with Gasteiger partial charge in [-0.2, -0.15) is 5.26 Å². The SMILES string of the molecule is N#Cc1c(F)cc(C2CCC([C@H]3CC[C@H](/C=C/CCCF)CC3)CC2)cc1F. The molecule has 2 aliphatic rings. The van der Waals surface area contributed by atoms with Crippen molar-refractivity contribution in [3.63, 3.8) is 0 Å². The zero-order valence-electron chi connectivity index (χ0n) is 16.5. The number of nitriles is 1. The largest absolute Gasteiger partial charge is 0.251 e. The second-order valence-corrected chi connectivity index (χ2v) is 8.52. The molecule has 152 valence electrons. The van der Waals surface area contributed by atoms with E-state index >= 15 is 0 Å². The van der Waals surface area contributed by atoms with Gasteiger partial charge in [0.2, 0.25) is 0 Å². The number of hydrogen-bond acceptors (Lipinski definition) is 1. The molecule has 0 radical (unpaired) electrons. The van der Waals surface area contributed by atoms with Gasteiger partial charge in [0.15, 0.2) is 0 Å². The van der Waals surface area contributed by atoms with Gasteiger partial charge in [0, 0.05) is 0 Å². The minimum Gasteiger partial charge on any atom is -0.251 e. The van der Waals surface area contributed by atoms with E-state index in [1.165, 1.54) is 37.8 Å². The van der Waals surface area contributed by atoms with Gasteiger partial charge in [-0.1, -0.05) is 12.2 Å². The summed E-state index contributed by atoms with van der Waals surface area (Å²) < 4.78 is 40.0. The number of alkyl halides is 1. The Kier molecular flexibility index (Phi) is 7.59. The molecule has 1 aromatic carbocycles. The van der Waals surface area contributed by atoms with Crippen LogP contribution in [0.25, 0.3) is 0 Å². The van der Waals surface area contributed by atoms with Crippen LogP contribution in [0.15, 0.2) is 24.3 Å². The molecule has 2 aliphatic carbocycles. The topological polar surface area (TPSA) is 23.8 Å². The molecule has 28 heavy (non-hydrogen) atoms. The molecule has 0 unspecified atom stereocenters. The van der Waals surface area contributed by atoms with Crippen molar-refractivity contribution in [3.05, 3.63) is 47.0 Å². The predicted octanol–water partition coefficient (Wildman–Crippen LogP) is 7.22. The Balaban J connectivity index is 1.47. The Morgan fingerprint density at radius 3 is 2.04 bits per heavy atom. The van der Waals surface area contributed by atoms with Crippen molar-refractivity contribution in [2.45, 2.75) is 70.1 Å². The minimum absolute atomic E-state index is 0.197. The first-order chi connectivity index (χ1) is 13.6. The third-order valence-electron chi connectivity index (χ3n) is 6.82. The van der Waals surface area contributed by atoms with E-state index in [1.54, 1.807) is 6.07 Å². The Hall–Kier alpha value is -1.76. The van der Waals surface area contributed by atoms with Crippen molar-refractivity contribution < 1.29 is 13.2 Å². The molecule has 2 saturated carbocycles. The first kappa shape index (κ1) is 21.0. The third kappa shape index (κ3) is 5.19. The molecule has 0 bridgehead atoms. The maximum atomic E-state index is 13.9. The van der Waals surface area contributed by atoms with E-state index in [9.17, 15) is 13.2 Å². The molecule has 0 saturated heterocycles. The number of benzene rings is 1. The van der Waals surface area contributed by atoms with Crippen LogP contribution in [-0.2, 0) is 0 Å². The van der Waals surface area contributed by atoms with Crippen LogP contribution in [0.1, 0.15) is 81.3 Å². The molecule has 1 nitrogen and oxygen atoms in total. The molecule has 0 N–H and O–H groups in total. The second kappa shape index (κ2) is 10.1. The van der Waals surface area contributed by atoms with Crippen LogP contribution >= 0.6 is 0 Å². The number of rotatable bonds is 6. The fraction of sp³-hybridized carbons (Fsp3) is 0.625. The Morgan fingerprint density at radius 1 is 0.929 bits per heavy atom.